The molecule has 15 heavy (non-hydrogen) atoms. The molecule has 1 aromatic heterocycles. The molecule has 80 valence electrons. The highest BCUT2D eigenvalue weighted by Crippen LogP contribution is 2.23. The summed E-state index contributed by atoms with van der Waals surface area (Å²) in [6.07, 6.45) is 3.32. The fourth-order valence-corrected chi connectivity index (χ4v) is 1.37. The fraction of sp³-hybridized carbons (Fsp3) is 0.333. The van der Waals surface area contributed by atoms with Crippen LogP contribution < -0.4 is 4.74 Å². The number of aromatic nitrogens is 2. The normalized spacial score (nSPS) is 9.33. The second-order valence-electron chi connectivity index (χ2n) is 2.93. The van der Waals surface area contributed by atoms with Crippen molar-refractivity contribution in [2.45, 2.75) is 20.8 Å². The molecule has 3 heteroatoms. The first-order valence-corrected chi connectivity index (χ1v) is 5.05. The molecule has 0 atom stereocenters. The van der Waals surface area contributed by atoms with Crippen LogP contribution in [0.4, 0.5) is 0 Å². The van der Waals surface area contributed by atoms with E-state index in [1.807, 2.05) is 32.9 Å². The van der Waals surface area contributed by atoms with Crippen molar-refractivity contribution in [1.82, 2.24) is 9.97 Å². The van der Waals surface area contributed by atoms with Crippen LogP contribution in [0.25, 0.3) is 10.9 Å². The van der Waals surface area contributed by atoms with Crippen molar-refractivity contribution < 1.29 is 4.74 Å². The van der Waals surface area contributed by atoms with Gasteiger partial charge in [-0.25, -0.2) is 9.97 Å². The van der Waals surface area contributed by atoms with Gasteiger partial charge in [-0.05, 0) is 24.6 Å². The lowest BCUT2D eigenvalue weighted by atomic mass is 10.1. The van der Waals surface area contributed by atoms with Crippen molar-refractivity contribution in [2.24, 2.45) is 0 Å². The number of fused-ring (bicyclic) bond motifs is 1. The molecular weight excluding hydrogens is 188 g/mol. The summed E-state index contributed by atoms with van der Waals surface area (Å²) in [6, 6.07) is 4.01. The van der Waals surface area contributed by atoms with Gasteiger partial charge in [0.1, 0.15) is 17.6 Å². The molecule has 0 unspecified atom stereocenters. The maximum Gasteiger partial charge on any atom is 0.145 e. The third-order valence-electron chi connectivity index (χ3n) is 1.94. The van der Waals surface area contributed by atoms with Crippen LogP contribution in [0.5, 0.6) is 5.75 Å². The average Bonchev–Trinajstić information content (AvgIpc) is 2.30. The summed E-state index contributed by atoms with van der Waals surface area (Å²) < 4.78 is 5.22. The number of nitrogens with zero attached hydrogens (tertiary/aromatic N) is 2. The minimum atomic E-state index is 0.803. The van der Waals surface area contributed by atoms with Gasteiger partial charge in [-0.2, -0.15) is 0 Å². The fourth-order valence-electron chi connectivity index (χ4n) is 1.37. The molecule has 0 bridgehead atoms. The molecule has 1 heterocycles. The summed E-state index contributed by atoms with van der Waals surface area (Å²) in [7, 11) is 1.65. The van der Waals surface area contributed by atoms with Gasteiger partial charge in [0, 0.05) is 11.6 Å². The standard InChI is InChI=1S/C10H10N2O.C2H6/c1-7-3-8-5-11-6-12-10(8)9(4-7)13-2;1-2/h3-6H,1-2H3;1-2H3. The molecule has 0 aliphatic rings. The van der Waals surface area contributed by atoms with E-state index in [2.05, 4.69) is 9.97 Å². The Kier molecular flexibility index (Phi) is 4.03. The van der Waals surface area contributed by atoms with Gasteiger partial charge in [-0.1, -0.05) is 13.8 Å². The van der Waals surface area contributed by atoms with Crippen molar-refractivity contribution in [2.75, 3.05) is 7.11 Å². The molecule has 0 aliphatic heterocycles. The van der Waals surface area contributed by atoms with Gasteiger partial charge in [0.2, 0.25) is 0 Å². The van der Waals surface area contributed by atoms with Gasteiger partial charge in [-0.15, -0.1) is 0 Å². The van der Waals surface area contributed by atoms with E-state index in [1.54, 1.807) is 13.3 Å². The topological polar surface area (TPSA) is 35.0 Å². The number of benzene rings is 1. The molecule has 2 rings (SSSR count). The van der Waals surface area contributed by atoms with Gasteiger partial charge in [0.05, 0.1) is 7.11 Å². The number of hydrogen-bond acceptors (Lipinski definition) is 3. The zero-order valence-electron chi connectivity index (χ0n) is 9.61. The van der Waals surface area contributed by atoms with Crippen LogP contribution >= 0.6 is 0 Å². The van der Waals surface area contributed by atoms with E-state index in [9.17, 15) is 0 Å². The van der Waals surface area contributed by atoms with Gasteiger partial charge < -0.3 is 4.74 Å². The van der Waals surface area contributed by atoms with Crippen molar-refractivity contribution in [3.8, 4) is 5.75 Å². The van der Waals surface area contributed by atoms with Crippen LogP contribution in [0.1, 0.15) is 19.4 Å². The Bertz CT molecular complexity index is 441. The quantitative estimate of drug-likeness (QED) is 0.716. The molecule has 0 saturated carbocycles. The van der Waals surface area contributed by atoms with Crippen LogP contribution in [-0.2, 0) is 0 Å². The Balaban J connectivity index is 0.000000531. The van der Waals surface area contributed by atoms with Gasteiger partial charge in [-0.3, -0.25) is 0 Å². The van der Waals surface area contributed by atoms with E-state index in [4.69, 9.17) is 4.74 Å². The van der Waals surface area contributed by atoms with Crippen LogP contribution in [0.3, 0.4) is 0 Å². The summed E-state index contributed by atoms with van der Waals surface area (Å²) in [5.74, 6) is 0.803. The number of rotatable bonds is 1. The Morgan fingerprint density at radius 2 is 1.93 bits per heavy atom. The largest absolute Gasteiger partial charge is 0.494 e. The van der Waals surface area contributed by atoms with Crippen LogP contribution in [0, 0.1) is 6.92 Å². The van der Waals surface area contributed by atoms with Gasteiger partial charge in [0.15, 0.2) is 0 Å². The highest BCUT2D eigenvalue weighted by atomic mass is 16.5. The summed E-state index contributed by atoms with van der Waals surface area (Å²) in [5, 5.41) is 1.01. The molecule has 0 radical (unpaired) electrons. The number of hydrogen-bond donors (Lipinski definition) is 0. The third-order valence-corrected chi connectivity index (χ3v) is 1.94. The second kappa shape index (κ2) is 5.29. The van der Waals surface area contributed by atoms with Crippen LogP contribution in [0.2, 0.25) is 0 Å². The Labute approximate surface area is 90.1 Å². The molecule has 0 aliphatic carbocycles. The molecule has 3 nitrogen and oxygen atoms in total. The van der Waals surface area contributed by atoms with E-state index < -0.39 is 0 Å². The number of aryl methyl sites for hydroxylation is 1. The van der Waals surface area contributed by atoms with E-state index in [0.717, 1.165) is 22.2 Å². The average molecular weight is 204 g/mol. The molecule has 0 fully saturated rings. The predicted octanol–water partition coefficient (Wildman–Crippen LogP) is 2.97. The Morgan fingerprint density at radius 1 is 1.20 bits per heavy atom. The van der Waals surface area contributed by atoms with E-state index in [-0.39, 0.29) is 0 Å². The Morgan fingerprint density at radius 3 is 2.60 bits per heavy atom. The first-order chi connectivity index (χ1) is 7.31. The summed E-state index contributed by atoms with van der Waals surface area (Å²) in [5.41, 5.74) is 2.02. The molecule has 0 saturated heterocycles. The van der Waals surface area contributed by atoms with Crippen molar-refractivity contribution in [1.29, 1.82) is 0 Å². The molecular formula is C12H16N2O. The van der Waals surface area contributed by atoms with Gasteiger partial charge >= 0.3 is 0 Å². The lowest BCUT2D eigenvalue weighted by Crippen LogP contribution is -1.89. The minimum absolute atomic E-state index is 0.803. The summed E-state index contributed by atoms with van der Waals surface area (Å²) in [6.45, 7) is 6.02. The maximum atomic E-state index is 5.22. The molecule has 0 spiro atoms. The van der Waals surface area contributed by atoms with E-state index in [1.165, 1.54) is 6.33 Å². The zero-order valence-corrected chi connectivity index (χ0v) is 9.61. The SMILES string of the molecule is CC.COc1cc(C)cc2cncnc12. The van der Waals surface area contributed by atoms with E-state index >= 15 is 0 Å². The smallest absolute Gasteiger partial charge is 0.145 e. The number of methoxy groups -OCH3 is 1. The first-order valence-electron chi connectivity index (χ1n) is 5.05. The maximum absolute atomic E-state index is 5.22. The second-order valence-corrected chi connectivity index (χ2v) is 2.93. The van der Waals surface area contributed by atoms with E-state index in [0.29, 0.717) is 0 Å². The molecule has 0 amide bonds. The zero-order chi connectivity index (χ0) is 11.3. The van der Waals surface area contributed by atoms with Crippen LogP contribution in [0.15, 0.2) is 24.7 Å². The lowest BCUT2D eigenvalue weighted by molar-refractivity contribution is 0.418. The monoisotopic (exact) mass is 204 g/mol. The highest BCUT2D eigenvalue weighted by Gasteiger charge is 2.02. The highest BCUT2D eigenvalue weighted by molar-refractivity contribution is 5.84. The molecule has 0 N–H and O–H groups in total. The Hall–Kier alpha value is -1.64. The molecule has 1 aromatic carbocycles. The molecule has 2 aromatic rings. The van der Waals surface area contributed by atoms with Crippen molar-refractivity contribution >= 4 is 10.9 Å². The van der Waals surface area contributed by atoms with Gasteiger partial charge in [0.25, 0.3) is 0 Å². The summed E-state index contributed by atoms with van der Waals surface area (Å²) >= 11 is 0. The third kappa shape index (κ3) is 2.43. The lowest BCUT2D eigenvalue weighted by Gasteiger charge is -2.04. The van der Waals surface area contributed by atoms with Crippen molar-refractivity contribution in [3.05, 3.63) is 30.2 Å². The summed E-state index contributed by atoms with van der Waals surface area (Å²) in [4.78, 5) is 8.12. The predicted molar refractivity (Wildman–Crippen MR) is 62.2 cm³/mol. The number of ether oxygens (including phenoxy) is 1. The minimum Gasteiger partial charge on any atom is -0.494 e. The van der Waals surface area contributed by atoms with Crippen LogP contribution in [-0.4, -0.2) is 17.1 Å². The van der Waals surface area contributed by atoms with Crippen molar-refractivity contribution in [3.63, 3.8) is 0 Å². The first kappa shape index (κ1) is 11.4.